The molecule has 0 radical (unpaired) electrons. The first-order chi connectivity index (χ1) is 7.09. The van der Waals surface area contributed by atoms with Crippen LogP contribution in [0.2, 0.25) is 0 Å². The van der Waals surface area contributed by atoms with Crippen LogP contribution in [0, 0.1) is 0 Å². The number of carbonyl (C=O) groups excluding carboxylic acids is 1. The van der Waals surface area contributed by atoms with Gasteiger partial charge in [0.05, 0.1) is 0 Å². The number of rotatable bonds is 5. The lowest BCUT2D eigenvalue weighted by Gasteiger charge is -2.11. The third-order valence-electron chi connectivity index (χ3n) is 1.96. The van der Waals surface area contributed by atoms with Gasteiger partial charge < -0.3 is 10.6 Å². The van der Waals surface area contributed by atoms with Crippen molar-refractivity contribution in [3.63, 3.8) is 0 Å². The average molecular weight is 291 g/mol. The van der Waals surface area contributed by atoms with Crippen LogP contribution in [-0.4, -0.2) is 19.0 Å². The first-order valence-corrected chi connectivity index (χ1v) is 6.48. The molecule has 5 heteroatoms. The Labute approximate surface area is 102 Å². The molecule has 0 aliphatic rings. The molecular weight excluding hydrogens is 276 g/mol. The monoisotopic (exact) mass is 290 g/mol. The fourth-order valence-corrected chi connectivity index (χ4v) is 2.66. The summed E-state index contributed by atoms with van der Waals surface area (Å²) in [6.45, 7) is 5.11. The highest BCUT2D eigenvalue weighted by molar-refractivity contribution is 9.10. The molecule has 0 aliphatic carbocycles. The molecule has 0 spiro atoms. The van der Waals surface area contributed by atoms with E-state index in [1.807, 2.05) is 0 Å². The van der Waals surface area contributed by atoms with Crippen molar-refractivity contribution >= 4 is 33.2 Å². The predicted octanol–water partition coefficient (Wildman–Crippen LogP) is 2.30. The molecule has 1 aromatic rings. The maximum atomic E-state index is 10.6. The largest absolute Gasteiger partial charge is 0.355 e. The Morgan fingerprint density at radius 2 is 2.33 bits per heavy atom. The zero-order valence-electron chi connectivity index (χ0n) is 8.84. The van der Waals surface area contributed by atoms with Crippen molar-refractivity contribution in [1.29, 1.82) is 0 Å². The third kappa shape index (κ3) is 4.77. The van der Waals surface area contributed by atoms with E-state index in [9.17, 15) is 4.79 Å². The zero-order valence-corrected chi connectivity index (χ0v) is 11.2. The second-order valence-corrected chi connectivity index (χ2v) is 5.18. The molecule has 1 atom stereocenters. The van der Waals surface area contributed by atoms with Gasteiger partial charge in [-0.05, 0) is 28.9 Å². The van der Waals surface area contributed by atoms with Crippen molar-refractivity contribution in [2.45, 2.75) is 19.9 Å². The van der Waals surface area contributed by atoms with Crippen molar-refractivity contribution in [3.05, 3.63) is 20.8 Å². The van der Waals surface area contributed by atoms with E-state index in [0.717, 1.165) is 11.0 Å². The molecule has 1 aromatic heterocycles. The normalized spacial score (nSPS) is 12.5. The van der Waals surface area contributed by atoms with E-state index in [0.29, 0.717) is 12.6 Å². The van der Waals surface area contributed by atoms with E-state index in [-0.39, 0.29) is 5.91 Å². The highest BCUT2D eigenvalue weighted by Crippen LogP contribution is 2.24. The van der Waals surface area contributed by atoms with Crippen molar-refractivity contribution in [3.8, 4) is 0 Å². The molecule has 0 aliphatic heterocycles. The van der Waals surface area contributed by atoms with Crippen LogP contribution in [0.15, 0.2) is 15.9 Å². The van der Waals surface area contributed by atoms with Crippen molar-refractivity contribution in [2.24, 2.45) is 0 Å². The summed E-state index contributed by atoms with van der Waals surface area (Å²) in [5.41, 5.74) is 0. The van der Waals surface area contributed by atoms with Gasteiger partial charge in [-0.1, -0.05) is 0 Å². The Hall–Kier alpha value is -0.390. The number of thiophene rings is 1. The summed E-state index contributed by atoms with van der Waals surface area (Å²) in [5, 5.41) is 8.16. The molecule has 0 aromatic carbocycles. The maximum absolute atomic E-state index is 10.6. The molecule has 1 amide bonds. The fraction of sp³-hybridized carbons (Fsp3) is 0.500. The van der Waals surface area contributed by atoms with E-state index in [1.54, 1.807) is 11.3 Å². The van der Waals surface area contributed by atoms with Crippen LogP contribution in [0.5, 0.6) is 0 Å². The van der Waals surface area contributed by atoms with E-state index in [1.165, 1.54) is 11.8 Å². The smallest absolute Gasteiger partial charge is 0.216 e. The van der Waals surface area contributed by atoms with Crippen molar-refractivity contribution in [2.75, 3.05) is 13.1 Å². The van der Waals surface area contributed by atoms with Crippen LogP contribution in [0.3, 0.4) is 0 Å². The summed E-state index contributed by atoms with van der Waals surface area (Å²) < 4.78 is 1.12. The summed E-state index contributed by atoms with van der Waals surface area (Å²) in [6.07, 6.45) is 0. The lowest BCUT2D eigenvalue weighted by molar-refractivity contribution is -0.118. The van der Waals surface area contributed by atoms with E-state index in [2.05, 4.69) is 44.9 Å². The molecular formula is C10H15BrN2OS. The molecule has 1 heterocycles. The molecule has 0 saturated heterocycles. The second-order valence-electron chi connectivity index (χ2n) is 3.33. The minimum absolute atomic E-state index is 0.0170. The van der Waals surface area contributed by atoms with Gasteiger partial charge in [-0.2, -0.15) is 0 Å². The number of hydrogen-bond acceptors (Lipinski definition) is 3. The quantitative estimate of drug-likeness (QED) is 0.817. The topological polar surface area (TPSA) is 41.1 Å². The average Bonchev–Trinajstić information content (AvgIpc) is 2.59. The predicted molar refractivity (Wildman–Crippen MR) is 67.1 cm³/mol. The second kappa shape index (κ2) is 6.25. The van der Waals surface area contributed by atoms with Crippen LogP contribution >= 0.6 is 27.3 Å². The van der Waals surface area contributed by atoms with E-state index in [4.69, 9.17) is 0 Å². The van der Waals surface area contributed by atoms with Gasteiger partial charge in [-0.15, -0.1) is 11.3 Å². The lowest BCUT2D eigenvalue weighted by atomic mass is 10.3. The Morgan fingerprint density at radius 1 is 1.60 bits per heavy atom. The van der Waals surface area contributed by atoms with Crippen LogP contribution in [0.4, 0.5) is 0 Å². The molecule has 1 unspecified atom stereocenters. The highest BCUT2D eigenvalue weighted by atomic mass is 79.9. The SMILES string of the molecule is CC(=O)NCCNC(C)c1cc(Br)cs1. The summed E-state index contributed by atoms with van der Waals surface area (Å²) in [4.78, 5) is 11.9. The number of nitrogens with one attached hydrogen (secondary N) is 2. The number of hydrogen-bond donors (Lipinski definition) is 2. The molecule has 84 valence electrons. The van der Waals surface area contributed by atoms with Crippen LogP contribution in [0.25, 0.3) is 0 Å². The van der Waals surface area contributed by atoms with Crippen molar-refractivity contribution < 1.29 is 4.79 Å². The third-order valence-corrected chi connectivity index (χ3v) is 3.84. The molecule has 2 N–H and O–H groups in total. The van der Waals surface area contributed by atoms with E-state index >= 15 is 0 Å². The molecule has 15 heavy (non-hydrogen) atoms. The first-order valence-electron chi connectivity index (χ1n) is 4.81. The van der Waals surface area contributed by atoms with Gasteiger partial charge in [0.1, 0.15) is 0 Å². The van der Waals surface area contributed by atoms with Gasteiger partial charge in [0.15, 0.2) is 0 Å². The number of carbonyl (C=O) groups is 1. The van der Waals surface area contributed by atoms with Crippen LogP contribution in [0.1, 0.15) is 24.8 Å². The minimum Gasteiger partial charge on any atom is -0.355 e. The van der Waals surface area contributed by atoms with E-state index < -0.39 is 0 Å². The molecule has 3 nitrogen and oxygen atoms in total. The minimum atomic E-state index is 0.0170. The van der Waals surface area contributed by atoms with Crippen LogP contribution < -0.4 is 10.6 Å². The van der Waals surface area contributed by atoms with Crippen molar-refractivity contribution in [1.82, 2.24) is 10.6 Å². The van der Waals surface area contributed by atoms with Gasteiger partial charge in [-0.25, -0.2) is 0 Å². The Kier molecular flexibility index (Phi) is 5.28. The summed E-state index contributed by atoms with van der Waals surface area (Å²) >= 11 is 5.15. The summed E-state index contributed by atoms with van der Waals surface area (Å²) in [7, 11) is 0. The van der Waals surface area contributed by atoms with Gasteiger partial charge in [0.25, 0.3) is 0 Å². The first kappa shape index (κ1) is 12.7. The number of halogens is 1. The molecule has 0 bridgehead atoms. The molecule has 0 saturated carbocycles. The molecule has 0 fully saturated rings. The van der Waals surface area contributed by atoms with Gasteiger partial charge >= 0.3 is 0 Å². The number of amides is 1. The Balaban J connectivity index is 2.24. The van der Waals surface area contributed by atoms with Gasteiger partial charge in [-0.3, -0.25) is 4.79 Å². The maximum Gasteiger partial charge on any atom is 0.216 e. The Morgan fingerprint density at radius 3 is 2.87 bits per heavy atom. The zero-order chi connectivity index (χ0) is 11.3. The highest BCUT2D eigenvalue weighted by Gasteiger charge is 2.06. The fourth-order valence-electron chi connectivity index (χ4n) is 1.18. The van der Waals surface area contributed by atoms with Crippen LogP contribution in [-0.2, 0) is 4.79 Å². The standard InChI is InChI=1S/C10H15BrN2OS/c1-7(10-5-9(11)6-15-10)12-3-4-13-8(2)14/h5-7,12H,3-4H2,1-2H3,(H,13,14). The van der Waals surface area contributed by atoms with Gasteiger partial charge in [0.2, 0.25) is 5.91 Å². The summed E-state index contributed by atoms with van der Waals surface area (Å²) in [5.74, 6) is 0.0170. The Bertz CT molecular complexity index is 327. The van der Waals surface area contributed by atoms with Gasteiger partial charge in [0, 0.05) is 40.8 Å². The molecule has 1 rings (SSSR count). The lowest BCUT2D eigenvalue weighted by Crippen LogP contribution is -2.31. The summed E-state index contributed by atoms with van der Waals surface area (Å²) in [6, 6.07) is 2.44.